The minimum Gasteiger partial charge on any atom is -0.333 e. The van der Waals surface area contributed by atoms with Crippen molar-refractivity contribution in [3.63, 3.8) is 0 Å². The van der Waals surface area contributed by atoms with Crippen molar-refractivity contribution in [3.8, 4) is 0 Å². The predicted octanol–water partition coefficient (Wildman–Crippen LogP) is 2.98. The lowest BCUT2D eigenvalue weighted by molar-refractivity contribution is 0.0555. The summed E-state index contributed by atoms with van der Waals surface area (Å²) in [6.45, 7) is 2.27. The first kappa shape index (κ1) is 19.8. The highest BCUT2D eigenvalue weighted by atomic mass is 32.2. The van der Waals surface area contributed by atoms with Gasteiger partial charge in [0, 0.05) is 25.2 Å². The smallest absolute Gasteiger partial charge is 0.255 e. The van der Waals surface area contributed by atoms with Crippen molar-refractivity contribution >= 4 is 15.9 Å². The predicted molar refractivity (Wildman–Crippen MR) is 91.3 cm³/mol. The maximum Gasteiger partial charge on any atom is 0.255 e. The summed E-state index contributed by atoms with van der Waals surface area (Å²) in [7, 11) is -3.66. The van der Waals surface area contributed by atoms with Crippen LogP contribution in [0.25, 0.3) is 0 Å². The van der Waals surface area contributed by atoms with Crippen molar-refractivity contribution in [2.24, 2.45) is 0 Å². The van der Waals surface area contributed by atoms with Crippen molar-refractivity contribution in [1.82, 2.24) is 9.21 Å². The van der Waals surface area contributed by atoms with E-state index in [2.05, 4.69) is 0 Å². The Bertz CT molecular complexity index is 689. The molecule has 0 spiro atoms. The number of rotatable bonds is 7. The largest absolute Gasteiger partial charge is 0.333 e. The van der Waals surface area contributed by atoms with Crippen molar-refractivity contribution in [3.05, 3.63) is 29.8 Å². The molecule has 1 heterocycles. The maximum absolute atomic E-state index is 12.7. The Morgan fingerprint density at radius 2 is 1.92 bits per heavy atom. The third-order valence-corrected chi connectivity index (χ3v) is 6.07. The van der Waals surface area contributed by atoms with E-state index in [-0.39, 0.29) is 17.0 Å². The first-order valence-electron chi connectivity index (χ1n) is 8.54. The summed E-state index contributed by atoms with van der Waals surface area (Å²) in [5.41, 5.74) is 0.118. The summed E-state index contributed by atoms with van der Waals surface area (Å²) in [6, 6.07) is 5.68. The molecule has 1 aromatic carbocycles. The number of carbonyl (C=O) groups excluding carboxylic acids is 1. The van der Waals surface area contributed by atoms with Crippen LogP contribution in [0.3, 0.4) is 0 Å². The normalized spacial score (nSPS) is 16.2. The molecular formula is C17H24F2N2O3S. The zero-order chi connectivity index (χ0) is 18.4. The van der Waals surface area contributed by atoms with Crippen LogP contribution in [0.15, 0.2) is 29.2 Å². The first-order valence-corrected chi connectivity index (χ1v) is 9.98. The highest BCUT2D eigenvalue weighted by Crippen LogP contribution is 2.22. The highest BCUT2D eigenvalue weighted by Gasteiger charge is 2.27. The molecule has 2 rings (SSSR count). The molecule has 8 heteroatoms. The number of sulfonamides is 1. The lowest BCUT2D eigenvalue weighted by Crippen LogP contribution is -2.37. The van der Waals surface area contributed by atoms with Gasteiger partial charge in [-0.1, -0.05) is 19.4 Å². The molecule has 5 nitrogen and oxygen atoms in total. The summed E-state index contributed by atoms with van der Waals surface area (Å²) in [4.78, 5) is 13.6. The number of nitrogens with zero attached hydrogens (tertiary/aromatic N) is 2. The fourth-order valence-corrected chi connectivity index (χ4v) is 4.50. The lowest BCUT2D eigenvalue weighted by Gasteiger charge is -2.26. The molecule has 0 radical (unpaired) electrons. The van der Waals surface area contributed by atoms with E-state index >= 15 is 0 Å². The van der Waals surface area contributed by atoms with E-state index in [1.165, 1.54) is 28.6 Å². The third kappa shape index (κ3) is 4.98. The van der Waals surface area contributed by atoms with Crippen molar-refractivity contribution in [2.45, 2.75) is 43.9 Å². The minimum atomic E-state index is -3.66. The summed E-state index contributed by atoms with van der Waals surface area (Å²) in [6.07, 6.45) is 0.553. The van der Waals surface area contributed by atoms with Crippen LogP contribution in [-0.4, -0.2) is 56.1 Å². The standard InChI is InChI=1S/C17H24F2N2O3S/c1-2-9-20(13-16(18)19)17(22)14-7-6-8-15(12-14)25(23,24)21-10-4-3-5-11-21/h6-8,12,16H,2-5,9-11,13H2,1H3. The van der Waals surface area contributed by atoms with Crippen LogP contribution in [0.4, 0.5) is 8.78 Å². The Morgan fingerprint density at radius 1 is 1.24 bits per heavy atom. The number of hydrogen-bond acceptors (Lipinski definition) is 3. The van der Waals surface area contributed by atoms with E-state index in [0.29, 0.717) is 19.5 Å². The molecule has 0 bridgehead atoms. The quantitative estimate of drug-likeness (QED) is 0.737. The Labute approximate surface area is 147 Å². The van der Waals surface area contributed by atoms with Crippen LogP contribution >= 0.6 is 0 Å². The summed E-state index contributed by atoms with van der Waals surface area (Å²) in [5.74, 6) is -0.571. The van der Waals surface area contributed by atoms with Crippen molar-refractivity contribution < 1.29 is 22.0 Å². The Balaban J connectivity index is 2.26. The van der Waals surface area contributed by atoms with Crippen LogP contribution < -0.4 is 0 Å². The second-order valence-corrected chi connectivity index (χ2v) is 8.07. The molecular weight excluding hydrogens is 350 g/mol. The van der Waals surface area contributed by atoms with Gasteiger partial charge in [0.25, 0.3) is 12.3 Å². The average Bonchev–Trinajstić information content (AvgIpc) is 2.61. The van der Waals surface area contributed by atoms with Crippen molar-refractivity contribution in [1.29, 1.82) is 0 Å². The lowest BCUT2D eigenvalue weighted by atomic mass is 10.2. The molecule has 0 aliphatic carbocycles. The average molecular weight is 374 g/mol. The maximum atomic E-state index is 12.7. The van der Waals surface area contributed by atoms with E-state index in [9.17, 15) is 22.0 Å². The number of piperidine rings is 1. The van der Waals surface area contributed by atoms with E-state index < -0.39 is 28.9 Å². The highest BCUT2D eigenvalue weighted by molar-refractivity contribution is 7.89. The van der Waals surface area contributed by atoms with E-state index in [1.807, 2.05) is 0 Å². The van der Waals surface area contributed by atoms with Gasteiger partial charge in [-0.15, -0.1) is 0 Å². The molecule has 1 aliphatic heterocycles. The molecule has 1 amide bonds. The van der Waals surface area contributed by atoms with Crippen molar-refractivity contribution in [2.75, 3.05) is 26.2 Å². The van der Waals surface area contributed by atoms with E-state index in [0.717, 1.165) is 24.2 Å². The molecule has 0 saturated carbocycles. The molecule has 0 aromatic heterocycles. The van der Waals surface area contributed by atoms with Crippen LogP contribution in [0.2, 0.25) is 0 Å². The second-order valence-electron chi connectivity index (χ2n) is 6.13. The van der Waals surface area contributed by atoms with Gasteiger partial charge in [0.05, 0.1) is 11.4 Å². The second kappa shape index (κ2) is 8.71. The van der Waals surface area contributed by atoms with Gasteiger partial charge in [-0.05, 0) is 37.5 Å². The fourth-order valence-electron chi connectivity index (χ4n) is 2.94. The van der Waals surface area contributed by atoms with Gasteiger partial charge in [-0.25, -0.2) is 17.2 Å². The zero-order valence-corrected chi connectivity index (χ0v) is 15.1. The number of benzene rings is 1. The van der Waals surface area contributed by atoms with Gasteiger partial charge in [0.2, 0.25) is 10.0 Å². The number of hydrogen-bond donors (Lipinski definition) is 0. The van der Waals surface area contributed by atoms with Gasteiger partial charge in [-0.3, -0.25) is 4.79 Å². The summed E-state index contributed by atoms with van der Waals surface area (Å²) >= 11 is 0. The molecule has 140 valence electrons. The number of alkyl halides is 2. The summed E-state index contributed by atoms with van der Waals surface area (Å²) < 4.78 is 52.3. The third-order valence-electron chi connectivity index (χ3n) is 4.17. The van der Waals surface area contributed by atoms with Gasteiger partial charge in [0.15, 0.2) is 0 Å². The molecule has 25 heavy (non-hydrogen) atoms. The molecule has 1 saturated heterocycles. The van der Waals surface area contributed by atoms with Crippen LogP contribution in [-0.2, 0) is 10.0 Å². The number of halogens is 2. The molecule has 0 N–H and O–H groups in total. The van der Waals surface area contributed by atoms with Gasteiger partial charge in [-0.2, -0.15) is 4.31 Å². The van der Waals surface area contributed by atoms with Gasteiger partial charge >= 0.3 is 0 Å². The Hall–Kier alpha value is -1.54. The fraction of sp³-hybridized carbons (Fsp3) is 0.588. The SMILES string of the molecule is CCCN(CC(F)F)C(=O)c1cccc(S(=O)(=O)N2CCCCC2)c1. The molecule has 1 fully saturated rings. The number of carbonyl (C=O) groups is 1. The molecule has 1 aliphatic rings. The molecule has 0 atom stereocenters. The zero-order valence-electron chi connectivity index (χ0n) is 14.3. The monoisotopic (exact) mass is 374 g/mol. The first-order chi connectivity index (χ1) is 11.9. The van der Waals surface area contributed by atoms with E-state index in [1.54, 1.807) is 6.92 Å². The van der Waals surface area contributed by atoms with Gasteiger partial charge < -0.3 is 4.90 Å². The van der Waals surface area contributed by atoms with E-state index in [4.69, 9.17) is 0 Å². The van der Waals surface area contributed by atoms with Crippen LogP contribution in [0, 0.1) is 0 Å². The Kier molecular flexibility index (Phi) is 6.89. The minimum absolute atomic E-state index is 0.0359. The molecule has 1 aromatic rings. The summed E-state index contributed by atoms with van der Waals surface area (Å²) in [5, 5.41) is 0. The number of amides is 1. The molecule has 0 unspecified atom stereocenters. The van der Waals surface area contributed by atoms with Gasteiger partial charge in [0.1, 0.15) is 0 Å². The topological polar surface area (TPSA) is 57.7 Å². The Morgan fingerprint density at radius 3 is 2.52 bits per heavy atom. The van der Waals surface area contributed by atoms with Crippen LogP contribution in [0.1, 0.15) is 43.0 Å². The van der Waals surface area contributed by atoms with Crippen LogP contribution in [0.5, 0.6) is 0 Å².